The molecule has 7 nitrogen and oxygen atoms in total. The number of fused-ring (bicyclic) bond motifs is 1. The van der Waals surface area contributed by atoms with E-state index < -0.39 is 5.69 Å². The Bertz CT molecular complexity index is 909. The third kappa shape index (κ3) is 3.88. The molecule has 7 heteroatoms. The van der Waals surface area contributed by atoms with Crippen LogP contribution < -0.4 is 16.6 Å². The Hall–Kier alpha value is -2.41. The maximum atomic E-state index is 12.5. The lowest BCUT2D eigenvalue weighted by atomic mass is 10.1. The van der Waals surface area contributed by atoms with Crippen LogP contribution in [0.1, 0.15) is 49.9 Å². The fraction of sp³-hybridized carbons (Fsp3) is 0.526. The molecule has 2 aromatic rings. The summed E-state index contributed by atoms with van der Waals surface area (Å²) in [5, 5.41) is 3.36. The van der Waals surface area contributed by atoms with E-state index in [1.807, 2.05) is 6.92 Å². The molecule has 2 unspecified atom stereocenters. The number of rotatable bonds is 6. The minimum Gasteiger partial charge on any atom is -0.378 e. The fourth-order valence-corrected chi connectivity index (χ4v) is 3.37. The van der Waals surface area contributed by atoms with E-state index >= 15 is 0 Å². The molecule has 0 spiro atoms. The molecule has 0 saturated carbocycles. The van der Waals surface area contributed by atoms with Crippen molar-refractivity contribution in [1.29, 1.82) is 0 Å². The lowest BCUT2D eigenvalue weighted by molar-refractivity contribution is 0.0899. The van der Waals surface area contributed by atoms with Crippen LogP contribution in [0.5, 0.6) is 0 Å². The van der Waals surface area contributed by atoms with Crippen molar-refractivity contribution in [3.63, 3.8) is 0 Å². The minimum absolute atomic E-state index is 0.0227. The zero-order valence-corrected chi connectivity index (χ0v) is 15.2. The second-order valence-corrected chi connectivity index (χ2v) is 6.83. The maximum absolute atomic E-state index is 12.5. The third-order valence-corrected chi connectivity index (χ3v) is 4.88. The number of ether oxygens (including phenoxy) is 1. The number of hydrogen-bond acceptors (Lipinski definition) is 4. The summed E-state index contributed by atoms with van der Waals surface area (Å²) in [6.07, 6.45) is 4.29. The van der Waals surface area contributed by atoms with Crippen LogP contribution in [0.4, 0.5) is 0 Å². The van der Waals surface area contributed by atoms with Crippen LogP contribution in [-0.4, -0.2) is 34.2 Å². The number of carbonyl (C=O) groups is 1. The highest BCUT2D eigenvalue weighted by Crippen LogP contribution is 2.18. The topological polar surface area (TPSA) is 93.2 Å². The standard InChI is InChI=1S/C19H25N3O4/c1-3-22-18(24)15-9-7-13(11-16(15)21-19(22)25)17(23)20-12(2)6-8-14-5-4-10-26-14/h7,9,11-12,14H,3-6,8,10H2,1-2H3,(H,20,23)(H,21,25). The summed E-state index contributed by atoms with van der Waals surface area (Å²) in [4.78, 5) is 39.4. The largest absolute Gasteiger partial charge is 0.378 e. The third-order valence-electron chi connectivity index (χ3n) is 4.88. The van der Waals surface area contributed by atoms with Gasteiger partial charge in [0.05, 0.1) is 17.0 Å². The Morgan fingerprint density at radius 3 is 2.92 bits per heavy atom. The molecule has 2 N–H and O–H groups in total. The Labute approximate surface area is 151 Å². The van der Waals surface area contributed by atoms with E-state index in [9.17, 15) is 14.4 Å². The molecule has 1 fully saturated rings. The van der Waals surface area contributed by atoms with Gasteiger partial charge in [-0.05, 0) is 57.7 Å². The molecular formula is C19H25N3O4. The van der Waals surface area contributed by atoms with Crippen molar-refractivity contribution in [3.8, 4) is 0 Å². The highest BCUT2D eigenvalue weighted by atomic mass is 16.5. The zero-order chi connectivity index (χ0) is 18.7. The molecule has 2 atom stereocenters. The number of hydrogen-bond donors (Lipinski definition) is 2. The Morgan fingerprint density at radius 2 is 2.23 bits per heavy atom. The summed E-state index contributed by atoms with van der Waals surface area (Å²) in [5.74, 6) is -0.216. The molecule has 1 amide bonds. The Balaban J connectivity index is 1.72. The van der Waals surface area contributed by atoms with Gasteiger partial charge in [0.2, 0.25) is 0 Å². The number of amides is 1. The number of aromatic amines is 1. The average molecular weight is 359 g/mol. The van der Waals surface area contributed by atoms with Crippen LogP contribution in [-0.2, 0) is 11.3 Å². The van der Waals surface area contributed by atoms with Crippen molar-refractivity contribution in [3.05, 3.63) is 44.6 Å². The Morgan fingerprint density at radius 1 is 1.42 bits per heavy atom. The van der Waals surface area contributed by atoms with Crippen molar-refractivity contribution < 1.29 is 9.53 Å². The van der Waals surface area contributed by atoms with Gasteiger partial charge < -0.3 is 15.0 Å². The van der Waals surface area contributed by atoms with Crippen molar-refractivity contribution in [1.82, 2.24) is 14.9 Å². The molecule has 1 aromatic carbocycles. The number of nitrogens with one attached hydrogen (secondary N) is 2. The van der Waals surface area contributed by atoms with Crippen LogP contribution in [0.15, 0.2) is 27.8 Å². The van der Waals surface area contributed by atoms with Crippen LogP contribution in [0.3, 0.4) is 0 Å². The summed E-state index contributed by atoms with van der Waals surface area (Å²) >= 11 is 0. The summed E-state index contributed by atoms with van der Waals surface area (Å²) in [5.41, 5.74) is -0.00856. The molecule has 0 bridgehead atoms. The van der Waals surface area contributed by atoms with Crippen molar-refractivity contribution in [2.45, 2.75) is 58.2 Å². The van der Waals surface area contributed by atoms with Gasteiger partial charge in [0.1, 0.15) is 0 Å². The number of benzene rings is 1. The maximum Gasteiger partial charge on any atom is 0.328 e. The highest BCUT2D eigenvalue weighted by molar-refractivity contribution is 5.97. The molecule has 1 aliphatic rings. The van der Waals surface area contributed by atoms with Crippen LogP contribution >= 0.6 is 0 Å². The molecule has 140 valence electrons. The molecule has 2 heterocycles. The van der Waals surface area contributed by atoms with Gasteiger partial charge in [0.25, 0.3) is 11.5 Å². The van der Waals surface area contributed by atoms with E-state index in [2.05, 4.69) is 10.3 Å². The van der Waals surface area contributed by atoms with Gasteiger partial charge in [-0.25, -0.2) is 4.79 Å². The SMILES string of the molecule is CCn1c(=O)[nH]c2cc(C(=O)NC(C)CCC3CCCO3)ccc2c1=O. The molecule has 1 aromatic heterocycles. The van der Waals surface area contributed by atoms with E-state index in [-0.39, 0.29) is 17.5 Å². The molecular weight excluding hydrogens is 334 g/mol. The van der Waals surface area contributed by atoms with E-state index in [4.69, 9.17) is 4.74 Å². The van der Waals surface area contributed by atoms with E-state index in [1.165, 1.54) is 0 Å². The molecule has 0 radical (unpaired) electrons. The summed E-state index contributed by atoms with van der Waals surface area (Å²) in [6.45, 7) is 4.84. The van der Waals surface area contributed by atoms with Crippen LogP contribution in [0.2, 0.25) is 0 Å². The van der Waals surface area contributed by atoms with Gasteiger partial charge in [-0.2, -0.15) is 0 Å². The first kappa shape index (κ1) is 18.4. The minimum atomic E-state index is -0.465. The monoisotopic (exact) mass is 359 g/mol. The highest BCUT2D eigenvalue weighted by Gasteiger charge is 2.18. The quantitative estimate of drug-likeness (QED) is 0.822. The van der Waals surface area contributed by atoms with Crippen molar-refractivity contribution >= 4 is 16.8 Å². The van der Waals surface area contributed by atoms with Gasteiger partial charge in [-0.1, -0.05) is 0 Å². The first-order valence-electron chi connectivity index (χ1n) is 9.19. The second kappa shape index (κ2) is 7.86. The molecule has 0 aliphatic carbocycles. The van der Waals surface area contributed by atoms with E-state index in [0.29, 0.717) is 29.1 Å². The lowest BCUT2D eigenvalue weighted by Gasteiger charge is -2.16. The predicted molar refractivity (Wildman–Crippen MR) is 99.6 cm³/mol. The fourth-order valence-electron chi connectivity index (χ4n) is 3.37. The normalized spacial score (nSPS) is 18.2. The number of H-pyrrole nitrogens is 1. The van der Waals surface area contributed by atoms with E-state index in [1.54, 1.807) is 25.1 Å². The first-order chi connectivity index (χ1) is 12.5. The average Bonchev–Trinajstić information content (AvgIpc) is 3.13. The predicted octanol–water partition coefficient (Wildman–Crippen LogP) is 1.79. The van der Waals surface area contributed by atoms with Gasteiger partial charge in [-0.3, -0.25) is 14.2 Å². The van der Waals surface area contributed by atoms with Gasteiger partial charge in [0, 0.05) is 24.8 Å². The Kier molecular flexibility index (Phi) is 5.56. The van der Waals surface area contributed by atoms with Gasteiger partial charge in [0.15, 0.2) is 0 Å². The summed E-state index contributed by atoms with van der Waals surface area (Å²) < 4.78 is 6.74. The molecule has 1 aliphatic heterocycles. The molecule has 1 saturated heterocycles. The number of nitrogens with zero attached hydrogens (tertiary/aromatic N) is 1. The van der Waals surface area contributed by atoms with Gasteiger partial charge >= 0.3 is 5.69 Å². The first-order valence-corrected chi connectivity index (χ1v) is 9.19. The summed E-state index contributed by atoms with van der Waals surface area (Å²) in [6, 6.07) is 4.78. The number of carbonyl (C=O) groups excluding carboxylic acids is 1. The molecule has 26 heavy (non-hydrogen) atoms. The van der Waals surface area contributed by atoms with Crippen LogP contribution in [0, 0.1) is 0 Å². The number of aromatic nitrogens is 2. The second-order valence-electron chi connectivity index (χ2n) is 6.83. The van der Waals surface area contributed by atoms with Crippen molar-refractivity contribution in [2.75, 3.05) is 6.61 Å². The zero-order valence-electron chi connectivity index (χ0n) is 15.2. The lowest BCUT2D eigenvalue weighted by Crippen LogP contribution is -2.35. The molecule has 3 rings (SSSR count). The van der Waals surface area contributed by atoms with Crippen molar-refractivity contribution in [2.24, 2.45) is 0 Å². The smallest absolute Gasteiger partial charge is 0.328 e. The van der Waals surface area contributed by atoms with E-state index in [0.717, 1.165) is 36.9 Å². The van der Waals surface area contributed by atoms with Gasteiger partial charge in [-0.15, -0.1) is 0 Å². The van der Waals surface area contributed by atoms with Crippen LogP contribution in [0.25, 0.3) is 10.9 Å². The summed E-state index contributed by atoms with van der Waals surface area (Å²) in [7, 11) is 0.